The van der Waals surface area contributed by atoms with Crippen LogP contribution in [0.2, 0.25) is 0 Å². The summed E-state index contributed by atoms with van der Waals surface area (Å²) < 4.78 is 5.29. The number of hydrogen-bond donors (Lipinski definition) is 1. The van der Waals surface area contributed by atoms with Gasteiger partial charge in [-0.15, -0.1) is 0 Å². The predicted molar refractivity (Wildman–Crippen MR) is 67.8 cm³/mol. The molecule has 1 N–H and O–H groups in total. The lowest BCUT2D eigenvalue weighted by Gasteiger charge is -2.27. The van der Waals surface area contributed by atoms with Gasteiger partial charge >= 0.3 is 0 Å². The van der Waals surface area contributed by atoms with Crippen molar-refractivity contribution in [1.29, 1.82) is 0 Å². The Balaban J connectivity index is 2.22. The van der Waals surface area contributed by atoms with E-state index in [1.54, 1.807) is 6.07 Å². The summed E-state index contributed by atoms with van der Waals surface area (Å²) in [6.07, 6.45) is 0. The van der Waals surface area contributed by atoms with E-state index in [0.717, 1.165) is 18.8 Å². The molecule has 1 amide bonds. The van der Waals surface area contributed by atoms with Crippen molar-refractivity contribution in [3.8, 4) is 0 Å². The number of hydrogen-bond acceptors (Lipinski definition) is 5. The highest BCUT2D eigenvalue weighted by molar-refractivity contribution is 5.92. The van der Waals surface area contributed by atoms with Crippen molar-refractivity contribution in [2.24, 2.45) is 0 Å². The Kier molecular flexibility index (Phi) is 4.09. The van der Waals surface area contributed by atoms with Gasteiger partial charge in [0.15, 0.2) is 0 Å². The average molecular weight is 250 g/mol. The van der Waals surface area contributed by atoms with Gasteiger partial charge in [-0.25, -0.2) is 9.97 Å². The summed E-state index contributed by atoms with van der Waals surface area (Å²) >= 11 is 0. The van der Waals surface area contributed by atoms with Gasteiger partial charge in [-0.3, -0.25) is 4.79 Å². The summed E-state index contributed by atoms with van der Waals surface area (Å²) in [6.45, 7) is 7.22. The molecule has 1 fully saturated rings. The fourth-order valence-electron chi connectivity index (χ4n) is 1.83. The van der Waals surface area contributed by atoms with Crippen LogP contribution in [0.25, 0.3) is 0 Å². The lowest BCUT2D eigenvalue weighted by Crippen LogP contribution is -2.38. The standard InChI is InChI=1S/C12H18N4O2/c1-3-13-11(17)10-8-9(2)14-12(15-10)16-4-6-18-7-5-16/h8H,3-7H2,1-2H3,(H,13,17). The Bertz CT molecular complexity index is 430. The molecule has 2 rings (SSSR count). The van der Waals surface area contributed by atoms with Gasteiger partial charge in [-0.05, 0) is 19.9 Å². The molecule has 0 radical (unpaired) electrons. The van der Waals surface area contributed by atoms with E-state index in [0.29, 0.717) is 31.4 Å². The molecule has 1 saturated heterocycles. The van der Waals surface area contributed by atoms with Crippen molar-refractivity contribution < 1.29 is 9.53 Å². The van der Waals surface area contributed by atoms with Crippen LogP contribution < -0.4 is 10.2 Å². The molecule has 98 valence electrons. The van der Waals surface area contributed by atoms with Crippen LogP contribution >= 0.6 is 0 Å². The van der Waals surface area contributed by atoms with Gasteiger partial charge < -0.3 is 15.0 Å². The van der Waals surface area contributed by atoms with E-state index >= 15 is 0 Å². The van der Waals surface area contributed by atoms with E-state index in [1.165, 1.54) is 0 Å². The van der Waals surface area contributed by atoms with Crippen LogP contribution in [0.3, 0.4) is 0 Å². The van der Waals surface area contributed by atoms with E-state index < -0.39 is 0 Å². The zero-order valence-corrected chi connectivity index (χ0v) is 10.8. The lowest BCUT2D eigenvalue weighted by molar-refractivity contribution is 0.0950. The summed E-state index contributed by atoms with van der Waals surface area (Å²) in [5.74, 6) is 0.456. The Morgan fingerprint density at radius 1 is 1.44 bits per heavy atom. The van der Waals surface area contributed by atoms with E-state index in [9.17, 15) is 4.79 Å². The minimum atomic E-state index is -0.155. The van der Waals surface area contributed by atoms with Gasteiger partial charge in [0, 0.05) is 25.3 Å². The monoisotopic (exact) mass is 250 g/mol. The fraction of sp³-hybridized carbons (Fsp3) is 0.583. The highest BCUT2D eigenvalue weighted by atomic mass is 16.5. The second-order valence-electron chi connectivity index (χ2n) is 4.15. The summed E-state index contributed by atoms with van der Waals surface area (Å²) in [5, 5.41) is 2.75. The third-order valence-corrected chi connectivity index (χ3v) is 2.71. The van der Waals surface area contributed by atoms with Crippen molar-refractivity contribution >= 4 is 11.9 Å². The quantitative estimate of drug-likeness (QED) is 0.839. The molecule has 0 spiro atoms. The van der Waals surface area contributed by atoms with Gasteiger partial charge in [-0.2, -0.15) is 0 Å². The summed E-state index contributed by atoms with van der Waals surface area (Å²) in [4.78, 5) is 22.5. The minimum absolute atomic E-state index is 0.155. The number of anilines is 1. The average Bonchev–Trinajstić information content (AvgIpc) is 2.39. The molecular weight excluding hydrogens is 232 g/mol. The number of nitrogens with one attached hydrogen (secondary N) is 1. The summed E-state index contributed by atoms with van der Waals surface area (Å²) in [5.41, 5.74) is 1.22. The molecule has 1 aliphatic rings. The number of carbonyl (C=O) groups is 1. The number of aromatic nitrogens is 2. The fourth-order valence-corrected chi connectivity index (χ4v) is 1.83. The van der Waals surface area contributed by atoms with Gasteiger partial charge in [0.1, 0.15) is 5.69 Å². The number of rotatable bonds is 3. The van der Waals surface area contributed by atoms with Gasteiger partial charge in [0.05, 0.1) is 13.2 Å². The third kappa shape index (κ3) is 2.95. The SMILES string of the molecule is CCNC(=O)c1cc(C)nc(N2CCOCC2)n1. The van der Waals surface area contributed by atoms with Gasteiger partial charge in [0.25, 0.3) is 5.91 Å². The number of aryl methyl sites for hydroxylation is 1. The molecular formula is C12H18N4O2. The molecule has 0 saturated carbocycles. The maximum absolute atomic E-state index is 11.8. The molecule has 0 atom stereocenters. The van der Waals surface area contributed by atoms with Gasteiger partial charge in [-0.1, -0.05) is 0 Å². The van der Waals surface area contributed by atoms with Crippen LogP contribution in [0.1, 0.15) is 23.1 Å². The number of nitrogens with zero attached hydrogens (tertiary/aromatic N) is 3. The number of amides is 1. The zero-order valence-electron chi connectivity index (χ0n) is 10.8. The Hall–Kier alpha value is -1.69. The molecule has 0 unspecified atom stereocenters. The molecule has 0 aliphatic carbocycles. The maximum Gasteiger partial charge on any atom is 0.270 e. The summed E-state index contributed by atoms with van der Waals surface area (Å²) in [6, 6.07) is 1.70. The van der Waals surface area contributed by atoms with Crippen LogP contribution in [-0.2, 0) is 4.74 Å². The third-order valence-electron chi connectivity index (χ3n) is 2.71. The van der Waals surface area contributed by atoms with Crippen LogP contribution in [0.4, 0.5) is 5.95 Å². The largest absolute Gasteiger partial charge is 0.378 e. The first-order valence-electron chi connectivity index (χ1n) is 6.17. The molecule has 1 aromatic heterocycles. The van der Waals surface area contributed by atoms with Crippen molar-refractivity contribution in [1.82, 2.24) is 15.3 Å². The van der Waals surface area contributed by atoms with Crippen LogP contribution in [0, 0.1) is 6.92 Å². The normalized spacial score (nSPS) is 15.6. The van der Waals surface area contributed by atoms with E-state index in [2.05, 4.69) is 15.3 Å². The topological polar surface area (TPSA) is 67.4 Å². The first kappa shape index (κ1) is 12.8. The van der Waals surface area contributed by atoms with Crippen molar-refractivity contribution in [3.05, 3.63) is 17.5 Å². The van der Waals surface area contributed by atoms with E-state index in [1.807, 2.05) is 18.7 Å². The maximum atomic E-state index is 11.8. The zero-order chi connectivity index (χ0) is 13.0. The number of ether oxygens (including phenoxy) is 1. The van der Waals surface area contributed by atoms with E-state index in [4.69, 9.17) is 4.74 Å². The molecule has 0 aromatic carbocycles. The summed E-state index contributed by atoms with van der Waals surface area (Å²) in [7, 11) is 0. The lowest BCUT2D eigenvalue weighted by atomic mass is 10.3. The predicted octanol–water partition coefficient (Wildman–Crippen LogP) is 0.371. The number of morpholine rings is 1. The van der Waals surface area contributed by atoms with Gasteiger partial charge in [0.2, 0.25) is 5.95 Å². The molecule has 6 nitrogen and oxygen atoms in total. The van der Waals surface area contributed by atoms with Crippen LogP contribution in [-0.4, -0.2) is 48.7 Å². The van der Waals surface area contributed by atoms with E-state index in [-0.39, 0.29) is 5.91 Å². The first-order valence-corrected chi connectivity index (χ1v) is 6.17. The highest BCUT2D eigenvalue weighted by Crippen LogP contribution is 2.12. The molecule has 2 heterocycles. The van der Waals surface area contributed by atoms with Crippen molar-refractivity contribution in [2.45, 2.75) is 13.8 Å². The Morgan fingerprint density at radius 2 is 2.17 bits per heavy atom. The molecule has 1 aromatic rings. The van der Waals surface area contributed by atoms with Crippen molar-refractivity contribution in [2.75, 3.05) is 37.7 Å². The molecule has 0 bridgehead atoms. The van der Waals surface area contributed by atoms with Crippen molar-refractivity contribution in [3.63, 3.8) is 0 Å². The molecule has 1 aliphatic heterocycles. The Labute approximate surface area is 106 Å². The molecule has 18 heavy (non-hydrogen) atoms. The molecule has 6 heteroatoms. The smallest absolute Gasteiger partial charge is 0.270 e. The number of carbonyl (C=O) groups excluding carboxylic acids is 1. The highest BCUT2D eigenvalue weighted by Gasteiger charge is 2.16. The minimum Gasteiger partial charge on any atom is -0.378 e. The first-order chi connectivity index (χ1) is 8.70. The second kappa shape index (κ2) is 5.77. The Morgan fingerprint density at radius 3 is 2.83 bits per heavy atom. The van der Waals surface area contributed by atoms with Crippen LogP contribution in [0.5, 0.6) is 0 Å². The second-order valence-corrected chi connectivity index (χ2v) is 4.15. The van der Waals surface area contributed by atoms with Crippen LogP contribution in [0.15, 0.2) is 6.07 Å².